The van der Waals surface area contributed by atoms with E-state index in [1.807, 2.05) is 12.1 Å². The number of carboxylic acids is 1. The third-order valence-corrected chi connectivity index (χ3v) is 8.43. The van der Waals surface area contributed by atoms with Crippen LogP contribution in [0.1, 0.15) is 93.1 Å². The van der Waals surface area contributed by atoms with Gasteiger partial charge in [-0.1, -0.05) is 52.0 Å². The summed E-state index contributed by atoms with van der Waals surface area (Å²) in [7, 11) is 1.75. The SMILES string of the molecule is CCC1(CC)c2cc(C(N)=O)ccc2C[C@H](OC)[C@H]1NCC[C@@H](CC1CCCCC1)C(=O)O. The number of hydrogen-bond acceptors (Lipinski definition) is 4. The molecular weight excluding hydrogens is 416 g/mol. The van der Waals surface area contributed by atoms with E-state index in [9.17, 15) is 14.7 Å². The summed E-state index contributed by atoms with van der Waals surface area (Å²) in [6, 6.07) is 5.83. The molecule has 6 nitrogen and oxygen atoms in total. The Balaban J connectivity index is 1.78. The summed E-state index contributed by atoms with van der Waals surface area (Å²) in [4.78, 5) is 23.9. The number of nitrogens with one attached hydrogen (secondary N) is 1. The van der Waals surface area contributed by atoms with Gasteiger partial charge in [-0.25, -0.2) is 0 Å². The molecule has 2 aliphatic rings. The van der Waals surface area contributed by atoms with Gasteiger partial charge in [-0.2, -0.15) is 0 Å². The van der Waals surface area contributed by atoms with Crippen molar-refractivity contribution < 1.29 is 19.4 Å². The minimum Gasteiger partial charge on any atom is -0.481 e. The van der Waals surface area contributed by atoms with E-state index in [1.54, 1.807) is 13.2 Å². The van der Waals surface area contributed by atoms with Crippen LogP contribution in [0.3, 0.4) is 0 Å². The monoisotopic (exact) mass is 458 g/mol. The number of carbonyl (C=O) groups is 2. The van der Waals surface area contributed by atoms with E-state index >= 15 is 0 Å². The molecule has 2 aliphatic carbocycles. The maximum atomic E-state index is 12.0. The first-order chi connectivity index (χ1) is 15.9. The molecular formula is C27H42N2O4. The van der Waals surface area contributed by atoms with Gasteiger partial charge in [0.1, 0.15) is 0 Å². The second-order valence-electron chi connectivity index (χ2n) is 10.1. The van der Waals surface area contributed by atoms with Crippen molar-refractivity contribution in [2.24, 2.45) is 17.6 Å². The van der Waals surface area contributed by atoms with Crippen LogP contribution in [0.15, 0.2) is 18.2 Å². The third-order valence-electron chi connectivity index (χ3n) is 8.43. The van der Waals surface area contributed by atoms with Crippen molar-refractivity contribution in [1.29, 1.82) is 0 Å². The van der Waals surface area contributed by atoms with Gasteiger partial charge in [0.05, 0.1) is 12.0 Å². The standard InChI is InChI=1S/C27H42N2O4/c1-4-27(5-2)22-16-20(25(28)30)12-11-19(22)17-23(33-3)24(27)29-14-13-21(26(31)32)15-18-9-7-6-8-10-18/h11-12,16,18,21,23-24,29H,4-10,13-15,17H2,1-3H3,(H2,28,30)(H,31,32)/t21-,23-,24+/m0/s1. The highest BCUT2D eigenvalue weighted by Gasteiger charge is 2.46. The van der Waals surface area contributed by atoms with Gasteiger partial charge < -0.3 is 20.9 Å². The lowest BCUT2D eigenvalue weighted by Gasteiger charge is -2.49. The molecule has 3 rings (SSSR count). The summed E-state index contributed by atoms with van der Waals surface area (Å²) in [5.74, 6) is -0.852. The maximum Gasteiger partial charge on any atom is 0.306 e. The number of carboxylic acid groups (broad SMARTS) is 1. The van der Waals surface area contributed by atoms with Crippen molar-refractivity contribution >= 4 is 11.9 Å². The van der Waals surface area contributed by atoms with Gasteiger partial charge in [0.25, 0.3) is 0 Å². The predicted octanol–water partition coefficient (Wildman–Crippen LogP) is 4.43. The first-order valence-electron chi connectivity index (χ1n) is 12.8. The summed E-state index contributed by atoms with van der Waals surface area (Å²) >= 11 is 0. The molecule has 3 atom stereocenters. The van der Waals surface area contributed by atoms with Crippen LogP contribution >= 0.6 is 0 Å². The Kier molecular flexibility index (Phi) is 8.94. The lowest BCUT2D eigenvalue weighted by molar-refractivity contribution is -0.142. The van der Waals surface area contributed by atoms with E-state index in [0.717, 1.165) is 25.7 Å². The molecule has 0 bridgehead atoms. The predicted molar refractivity (Wildman–Crippen MR) is 130 cm³/mol. The molecule has 0 saturated heterocycles. The molecule has 184 valence electrons. The zero-order valence-corrected chi connectivity index (χ0v) is 20.6. The lowest BCUT2D eigenvalue weighted by Crippen LogP contribution is -2.59. The van der Waals surface area contributed by atoms with Crippen LogP contribution in [-0.4, -0.2) is 42.8 Å². The Hall–Kier alpha value is -1.92. The molecule has 6 heteroatoms. The molecule has 0 heterocycles. The van der Waals surface area contributed by atoms with E-state index < -0.39 is 11.9 Å². The fraction of sp³-hybridized carbons (Fsp3) is 0.704. The number of hydrogen-bond donors (Lipinski definition) is 3. The van der Waals surface area contributed by atoms with Crippen molar-refractivity contribution in [3.63, 3.8) is 0 Å². The Morgan fingerprint density at radius 1 is 1.21 bits per heavy atom. The third kappa shape index (κ3) is 5.60. The Morgan fingerprint density at radius 2 is 1.91 bits per heavy atom. The first kappa shape index (κ1) is 25.7. The Labute approximate surface area is 198 Å². The normalized spacial score (nSPS) is 23.6. The number of rotatable bonds is 11. The minimum atomic E-state index is -0.678. The van der Waals surface area contributed by atoms with Gasteiger partial charge in [0, 0.05) is 30.6 Å². The molecule has 0 aromatic heterocycles. The quantitative estimate of drug-likeness (QED) is 0.455. The average Bonchev–Trinajstić information content (AvgIpc) is 2.83. The fourth-order valence-corrected chi connectivity index (χ4v) is 6.43. The number of aliphatic carboxylic acids is 1. The van der Waals surface area contributed by atoms with Crippen LogP contribution < -0.4 is 11.1 Å². The smallest absolute Gasteiger partial charge is 0.306 e. The Morgan fingerprint density at radius 3 is 2.48 bits per heavy atom. The lowest BCUT2D eigenvalue weighted by atomic mass is 9.62. The number of carbonyl (C=O) groups excluding carboxylic acids is 1. The van der Waals surface area contributed by atoms with Gasteiger partial charge in [-0.3, -0.25) is 9.59 Å². The summed E-state index contributed by atoms with van der Waals surface area (Å²) < 4.78 is 5.95. The van der Waals surface area contributed by atoms with Crippen LogP contribution in [0.5, 0.6) is 0 Å². The van der Waals surface area contributed by atoms with Gasteiger partial charge >= 0.3 is 5.97 Å². The molecule has 1 amide bonds. The van der Waals surface area contributed by atoms with Crippen LogP contribution in [0.2, 0.25) is 0 Å². The first-order valence-corrected chi connectivity index (χ1v) is 12.8. The molecule has 33 heavy (non-hydrogen) atoms. The second kappa shape index (κ2) is 11.5. The van der Waals surface area contributed by atoms with Gasteiger partial charge in [-0.05, 0) is 61.4 Å². The number of methoxy groups -OCH3 is 1. The highest BCUT2D eigenvalue weighted by atomic mass is 16.5. The van der Waals surface area contributed by atoms with Crippen molar-refractivity contribution in [3.05, 3.63) is 34.9 Å². The van der Waals surface area contributed by atoms with E-state index in [4.69, 9.17) is 10.5 Å². The number of ether oxygens (including phenoxy) is 1. The number of primary amides is 1. The highest BCUT2D eigenvalue weighted by Crippen LogP contribution is 2.44. The highest BCUT2D eigenvalue weighted by molar-refractivity contribution is 5.93. The van der Waals surface area contributed by atoms with Crippen LogP contribution in [-0.2, 0) is 21.4 Å². The number of nitrogens with two attached hydrogens (primary N) is 1. The number of amides is 1. The van der Waals surface area contributed by atoms with Crippen LogP contribution in [0.4, 0.5) is 0 Å². The number of fused-ring (bicyclic) bond motifs is 1. The van der Waals surface area contributed by atoms with Crippen molar-refractivity contribution in [3.8, 4) is 0 Å². The zero-order valence-electron chi connectivity index (χ0n) is 20.6. The van der Waals surface area contributed by atoms with E-state index in [0.29, 0.717) is 24.4 Å². The topological polar surface area (TPSA) is 102 Å². The molecule has 1 aromatic rings. The molecule has 4 N–H and O–H groups in total. The maximum absolute atomic E-state index is 12.0. The van der Waals surface area contributed by atoms with Gasteiger partial charge in [-0.15, -0.1) is 0 Å². The van der Waals surface area contributed by atoms with Crippen molar-refractivity contribution in [2.75, 3.05) is 13.7 Å². The van der Waals surface area contributed by atoms with Crippen LogP contribution in [0, 0.1) is 11.8 Å². The molecule has 1 saturated carbocycles. The van der Waals surface area contributed by atoms with Gasteiger partial charge in [0.2, 0.25) is 5.91 Å². The Bertz CT molecular complexity index is 814. The van der Waals surface area contributed by atoms with Gasteiger partial charge in [0.15, 0.2) is 0 Å². The summed E-state index contributed by atoms with van der Waals surface area (Å²) in [6.45, 7) is 5.00. The largest absolute Gasteiger partial charge is 0.481 e. The molecule has 1 aromatic carbocycles. The molecule has 0 unspecified atom stereocenters. The van der Waals surface area contributed by atoms with Crippen LogP contribution in [0.25, 0.3) is 0 Å². The fourth-order valence-electron chi connectivity index (χ4n) is 6.43. The van der Waals surface area contributed by atoms with Crippen molar-refractivity contribution in [1.82, 2.24) is 5.32 Å². The molecule has 0 radical (unpaired) electrons. The zero-order chi connectivity index (χ0) is 24.0. The van der Waals surface area contributed by atoms with E-state index in [1.165, 1.54) is 43.2 Å². The minimum absolute atomic E-state index is 0.0153. The second-order valence-corrected chi connectivity index (χ2v) is 10.1. The van der Waals surface area contributed by atoms with E-state index in [2.05, 4.69) is 19.2 Å². The van der Waals surface area contributed by atoms with Crippen molar-refractivity contribution in [2.45, 2.75) is 95.6 Å². The summed E-state index contributed by atoms with van der Waals surface area (Å²) in [5, 5.41) is 13.6. The summed E-state index contributed by atoms with van der Waals surface area (Å²) in [5.41, 5.74) is 8.29. The molecule has 1 fully saturated rings. The molecule has 0 aliphatic heterocycles. The number of benzene rings is 1. The average molecular weight is 459 g/mol. The summed E-state index contributed by atoms with van der Waals surface area (Å²) in [6.07, 6.45) is 10.0. The molecule has 0 spiro atoms. The van der Waals surface area contributed by atoms with E-state index in [-0.39, 0.29) is 23.5 Å².